The molecular formula is C21H29N3O4S. The van der Waals surface area contributed by atoms with Gasteiger partial charge in [-0.1, -0.05) is 19.8 Å². The Balaban J connectivity index is 1.49. The first-order valence-corrected chi connectivity index (χ1v) is 12.1. The number of sulfonamides is 1. The Hall–Kier alpha value is -1.93. The van der Waals surface area contributed by atoms with Crippen LogP contribution in [0.2, 0.25) is 0 Å². The third-order valence-corrected chi connectivity index (χ3v) is 7.45. The van der Waals surface area contributed by atoms with E-state index in [1.807, 2.05) is 4.57 Å². The van der Waals surface area contributed by atoms with Gasteiger partial charge in [0.1, 0.15) is 12.4 Å². The number of esters is 1. The molecule has 1 aromatic carbocycles. The number of nitrogens with zero attached hydrogens (tertiary/aromatic N) is 2. The minimum Gasteiger partial charge on any atom is -0.457 e. The van der Waals surface area contributed by atoms with E-state index in [1.165, 1.54) is 31.4 Å². The standard InChI is InChI=1S/C21H29N3O4S/c1-2-3-8-24-19-7-6-17(29(22,26)27)12-18(19)23-20(24)13-28-21(25)11-16-10-14-4-5-15(16)9-14/h6-7,12,14-16H,2-5,8-11,13H2,1H3,(H2,22,26,27)/t14-,15-,16-/m1/s1. The largest absolute Gasteiger partial charge is 0.457 e. The summed E-state index contributed by atoms with van der Waals surface area (Å²) < 4.78 is 30.9. The van der Waals surface area contributed by atoms with Crippen LogP contribution < -0.4 is 5.14 Å². The number of carbonyl (C=O) groups excluding carboxylic acids is 1. The molecule has 8 heteroatoms. The van der Waals surface area contributed by atoms with Crippen LogP contribution in [-0.4, -0.2) is 23.9 Å². The van der Waals surface area contributed by atoms with Gasteiger partial charge in [-0.25, -0.2) is 18.5 Å². The van der Waals surface area contributed by atoms with Gasteiger partial charge < -0.3 is 9.30 Å². The first-order chi connectivity index (χ1) is 13.8. The maximum Gasteiger partial charge on any atom is 0.306 e. The number of rotatable bonds is 8. The molecule has 2 aliphatic rings. The molecule has 3 atom stereocenters. The zero-order valence-electron chi connectivity index (χ0n) is 16.8. The average Bonchev–Trinajstić information content (AvgIpc) is 3.37. The van der Waals surface area contributed by atoms with Crippen LogP contribution in [0.25, 0.3) is 11.0 Å². The Morgan fingerprint density at radius 3 is 2.79 bits per heavy atom. The summed E-state index contributed by atoms with van der Waals surface area (Å²) in [4.78, 5) is 17.0. The lowest BCUT2D eigenvalue weighted by atomic mass is 9.86. The SMILES string of the molecule is CCCCn1c(COC(=O)C[C@H]2C[C@@H]3CC[C@@H]2C3)nc2cc(S(N)(=O)=O)ccc21. The van der Waals surface area contributed by atoms with E-state index in [1.54, 1.807) is 6.07 Å². The number of hydrogen-bond donors (Lipinski definition) is 1. The van der Waals surface area contributed by atoms with E-state index in [9.17, 15) is 13.2 Å². The Morgan fingerprint density at radius 1 is 1.31 bits per heavy atom. The monoisotopic (exact) mass is 419 g/mol. The predicted octanol–water partition coefficient (Wildman–Crippen LogP) is 3.35. The van der Waals surface area contributed by atoms with Crippen LogP contribution >= 0.6 is 0 Å². The molecule has 2 saturated carbocycles. The molecular weight excluding hydrogens is 390 g/mol. The quantitative estimate of drug-likeness (QED) is 0.661. The first kappa shape index (κ1) is 20.3. The summed E-state index contributed by atoms with van der Waals surface area (Å²) in [6.45, 7) is 2.94. The van der Waals surface area contributed by atoms with Crippen molar-refractivity contribution < 1.29 is 17.9 Å². The van der Waals surface area contributed by atoms with Crippen molar-refractivity contribution in [3.8, 4) is 0 Å². The number of nitrogens with two attached hydrogens (primary N) is 1. The topological polar surface area (TPSA) is 104 Å². The van der Waals surface area contributed by atoms with Crippen molar-refractivity contribution in [2.24, 2.45) is 22.9 Å². The van der Waals surface area contributed by atoms with Crippen molar-refractivity contribution in [3.63, 3.8) is 0 Å². The van der Waals surface area contributed by atoms with Crippen LogP contribution in [0.1, 0.15) is 57.7 Å². The van der Waals surface area contributed by atoms with E-state index in [2.05, 4.69) is 11.9 Å². The van der Waals surface area contributed by atoms with Gasteiger partial charge in [-0.2, -0.15) is 0 Å². The highest BCUT2D eigenvalue weighted by Crippen LogP contribution is 2.49. The molecule has 1 heterocycles. The van der Waals surface area contributed by atoms with Crippen LogP contribution in [0.5, 0.6) is 0 Å². The van der Waals surface area contributed by atoms with Gasteiger partial charge in [0, 0.05) is 13.0 Å². The van der Waals surface area contributed by atoms with Gasteiger partial charge in [0.05, 0.1) is 15.9 Å². The second kappa shape index (κ2) is 8.07. The van der Waals surface area contributed by atoms with E-state index in [-0.39, 0.29) is 17.5 Å². The molecule has 2 aliphatic carbocycles. The summed E-state index contributed by atoms with van der Waals surface area (Å²) in [5.74, 6) is 2.45. The molecule has 0 spiro atoms. The molecule has 0 amide bonds. The summed E-state index contributed by atoms with van der Waals surface area (Å²) >= 11 is 0. The third-order valence-electron chi connectivity index (χ3n) is 6.54. The summed E-state index contributed by atoms with van der Waals surface area (Å²) in [5, 5.41) is 5.24. The minimum atomic E-state index is -3.79. The van der Waals surface area contributed by atoms with Crippen molar-refractivity contribution in [1.29, 1.82) is 0 Å². The van der Waals surface area contributed by atoms with Gasteiger partial charge in [0.25, 0.3) is 0 Å². The summed E-state index contributed by atoms with van der Waals surface area (Å²) in [5.41, 5.74) is 1.37. The molecule has 0 aliphatic heterocycles. The number of aryl methyl sites for hydroxylation is 1. The molecule has 0 radical (unpaired) electrons. The lowest BCUT2D eigenvalue weighted by Crippen LogP contribution is -2.17. The van der Waals surface area contributed by atoms with Crippen LogP contribution in [0.4, 0.5) is 0 Å². The number of primary sulfonamides is 1. The fraction of sp³-hybridized carbons (Fsp3) is 0.619. The summed E-state index contributed by atoms with van der Waals surface area (Å²) in [6, 6.07) is 4.69. The molecule has 2 N–H and O–H groups in total. The van der Waals surface area contributed by atoms with Crippen molar-refractivity contribution in [3.05, 3.63) is 24.0 Å². The Labute approximate surface area is 171 Å². The molecule has 0 saturated heterocycles. The zero-order valence-corrected chi connectivity index (χ0v) is 17.7. The van der Waals surface area contributed by atoms with Crippen molar-refractivity contribution in [2.45, 2.75) is 69.9 Å². The third kappa shape index (κ3) is 4.33. The number of imidazole rings is 1. The van der Waals surface area contributed by atoms with E-state index < -0.39 is 10.0 Å². The van der Waals surface area contributed by atoms with E-state index in [0.717, 1.165) is 37.2 Å². The van der Waals surface area contributed by atoms with E-state index >= 15 is 0 Å². The normalized spacial score (nSPS) is 23.7. The molecule has 0 unspecified atom stereocenters. The van der Waals surface area contributed by atoms with E-state index in [4.69, 9.17) is 9.88 Å². The van der Waals surface area contributed by atoms with Gasteiger partial charge in [0.15, 0.2) is 0 Å². The average molecular weight is 420 g/mol. The predicted molar refractivity (Wildman–Crippen MR) is 109 cm³/mol. The van der Waals surface area contributed by atoms with Crippen LogP contribution in [0.15, 0.2) is 23.1 Å². The molecule has 1 aromatic heterocycles. The number of aromatic nitrogens is 2. The van der Waals surface area contributed by atoms with Crippen molar-refractivity contribution in [1.82, 2.24) is 9.55 Å². The smallest absolute Gasteiger partial charge is 0.306 e. The van der Waals surface area contributed by atoms with Gasteiger partial charge >= 0.3 is 5.97 Å². The molecule has 2 aromatic rings. The van der Waals surface area contributed by atoms with Crippen LogP contribution in [0, 0.1) is 17.8 Å². The Kier molecular flexibility index (Phi) is 5.66. The fourth-order valence-corrected chi connectivity index (χ4v) is 5.59. The molecule has 29 heavy (non-hydrogen) atoms. The minimum absolute atomic E-state index is 0.0324. The second-order valence-electron chi connectivity index (χ2n) is 8.53. The highest BCUT2D eigenvalue weighted by Gasteiger charge is 2.40. The Morgan fingerprint density at radius 2 is 2.14 bits per heavy atom. The van der Waals surface area contributed by atoms with Crippen molar-refractivity contribution in [2.75, 3.05) is 0 Å². The maximum atomic E-state index is 12.4. The molecule has 2 bridgehead atoms. The van der Waals surface area contributed by atoms with Gasteiger partial charge in [0.2, 0.25) is 10.0 Å². The Bertz CT molecular complexity index is 1010. The molecule has 7 nitrogen and oxygen atoms in total. The fourth-order valence-electron chi connectivity index (χ4n) is 5.06. The van der Waals surface area contributed by atoms with Gasteiger partial charge in [-0.05, 0) is 61.6 Å². The molecule has 4 rings (SSSR count). The number of unbranched alkanes of at least 4 members (excludes halogenated alkanes) is 1. The lowest BCUT2D eigenvalue weighted by Gasteiger charge is -2.20. The van der Waals surface area contributed by atoms with Crippen LogP contribution in [-0.2, 0) is 32.7 Å². The number of carbonyl (C=O) groups is 1. The van der Waals surface area contributed by atoms with Gasteiger partial charge in [-0.3, -0.25) is 4.79 Å². The highest BCUT2D eigenvalue weighted by molar-refractivity contribution is 7.89. The second-order valence-corrected chi connectivity index (χ2v) is 10.1. The summed E-state index contributed by atoms with van der Waals surface area (Å²) in [6.07, 6.45) is 7.46. The van der Waals surface area contributed by atoms with E-state index in [0.29, 0.717) is 29.6 Å². The van der Waals surface area contributed by atoms with Gasteiger partial charge in [-0.15, -0.1) is 0 Å². The maximum absolute atomic E-state index is 12.4. The van der Waals surface area contributed by atoms with Crippen molar-refractivity contribution >= 4 is 27.0 Å². The number of benzene rings is 1. The molecule has 158 valence electrons. The number of ether oxygens (including phenoxy) is 1. The van der Waals surface area contributed by atoms with Crippen LogP contribution in [0.3, 0.4) is 0 Å². The highest BCUT2D eigenvalue weighted by atomic mass is 32.2. The number of fused-ring (bicyclic) bond motifs is 3. The zero-order chi connectivity index (χ0) is 20.6. The lowest BCUT2D eigenvalue weighted by molar-refractivity contribution is -0.146. The number of hydrogen-bond acceptors (Lipinski definition) is 5. The first-order valence-electron chi connectivity index (χ1n) is 10.5. The summed E-state index contributed by atoms with van der Waals surface area (Å²) in [7, 11) is -3.79. The molecule has 2 fully saturated rings.